The van der Waals surface area contributed by atoms with Gasteiger partial charge in [0.1, 0.15) is 0 Å². The summed E-state index contributed by atoms with van der Waals surface area (Å²) in [5.74, 6) is 0. The SMILES string of the molecule is CCCN.NC(N)=O. The van der Waals surface area contributed by atoms with Gasteiger partial charge >= 0.3 is 6.03 Å². The largest absolute Gasteiger partial charge is 0.352 e. The van der Waals surface area contributed by atoms with Crippen LogP contribution in [0.1, 0.15) is 13.3 Å². The summed E-state index contributed by atoms with van der Waals surface area (Å²) < 4.78 is 0. The molecule has 0 aliphatic heterocycles. The van der Waals surface area contributed by atoms with Crippen LogP contribution in [0.5, 0.6) is 0 Å². The molecular weight excluding hydrogens is 106 g/mol. The molecule has 8 heavy (non-hydrogen) atoms. The Balaban J connectivity index is 0. The molecule has 0 heterocycles. The summed E-state index contributed by atoms with van der Waals surface area (Å²) in [6, 6.07) is -0.833. The van der Waals surface area contributed by atoms with Gasteiger partial charge in [0.25, 0.3) is 0 Å². The summed E-state index contributed by atoms with van der Waals surface area (Å²) in [4.78, 5) is 9.00. The van der Waals surface area contributed by atoms with Crippen LogP contribution in [0.15, 0.2) is 0 Å². The number of rotatable bonds is 1. The molecule has 0 saturated carbocycles. The van der Waals surface area contributed by atoms with E-state index in [1.807, 2.05) is 0 Å². The minimum absolute atomic E-state index is 0.819. The average Bonchev–Trinajstić information content (AvgIpc) is 1.65. The Kier molecular flexibility index (Phi) is 12.2. The van der Waals surface area contributed by atoms with Gasteiger partial charge in [-0.25, -0.2) is 4.79 Å². The van der Waals surface area contributed by atoms with Crippen molar-refractivity contribution in [3.63, 3.8) is 0 Å². The van der Waals surface area contributed by atoms with Crippen LogP contribution in [-0.2, 0) is 0 Å². The van der Waals surface area contributed by atoms with E-state index in [1.54, 1.807) is 0 Å². The Bertz CT molecular complexity index is 49.2. The van der Waals surface area contributed by atoms with Crippen molar-refractivity contribution in [3.05, 3.63) is 0 Å². The van der Waals surface area contributed by atoms with E-state index in [-0.39, 0.29) is 0 Å². The van der Waals surface area contributed by atoms with Crippen molar-refractivity contribution in [1.29, 1.82) is 0 Å². The van der Waals surface area contributed by atoms with Gasteiger partial charge in [0, 0.05) is 0 Å². The van der Waals surface area contributed by atoms with Gasteiger partial charge in [0.15, 0.2) is 0 Å². The molecule has 0 atom stereocenters. The first-order valence-corrected chi connectivity index (χ1v) is 2.40. The second-order valence-electron chi connectivity index (χ2n) is 1.19. The van der Waals surface area contributed by atoms with E-state index in [2.05, 4.69) is 18.4 Å². The molecule has 0 rings (SSSR count). The number of carbonyl (C=O) groups excluding carboxylic acids is 1. The third-order valence-corrected chi connectivity index (χ3v) is 0.289. The van der Waals surface area contributed by atoms with E-state index in [0.29, 0.717) is 0 Å². The van der Waals surface area contributed by atoms with Crippen LogP contribution < -0.4 is 17.2 Å². The summed E-state index contributed by atoms with van der Waals surface area (Å²) in [7, 11) is 0. The fraction of sp³-hybridized carbons (Fsp3) is 0.750. The third kappa shape index (κ3) is 1770. The summed E-state index contributed by atoms with van der Waals surface area (Å²) in [6.45, 7) is 2.88. The summed E-state index contributed by atoms with van der Waals surface area (Å²) in [6.07, 6.45) is 1.10. The van der Waals surface area contributed by atoms with Gasteiger partial charge in [0.05, 0.1) is 0 Å². The zero-order valence-electron chi connectivity index (χ0n) is 5.05. The lowest BCUT2D eigenvalue weighted by molar-refractivity contribution is 0.256. The second kappa shape index (κ2) is 9.52. The first-order valence-electron chi connectivity index (χ1n) is 2.40. The van der Waals surface area contributed by atoms with Crippen LogP contribution in [0.4, 0.5) is 4.79 Å². The monoisotopic (exact) mass is 119 g/mol. The molecule has 2 amide bonds. The molecule has 0 unspecified atom stereocenters. The van der Waals surface area contributed by atoms with Crippen molar-refractivity contribution in [1.82, 2.24) is 0 Å². The molecule has 0 radical (unpaired) electrons. The predicted octanol–water partition coefficient (Wildman–Crippen LogP) is -0.621. The highest BCUT2D eigenvalue weighted by atomic mass is 16.2. The average molecular weight is 119 g/mol. The van der Waals surface area contributed by atoms with Gasteiger partial charge in [-0.2, -0.15) is 0 Å². The number of amides is 2. The molecule has 4 heteroatoms. The fourth-order valence-electron chi connectivity index (χ4n) is 0. The van der Waals surface area contributed by atoms with Crippen molar-refractivity contribution in [2.75, 3.05) is 6.54 Å². The lowest BCUT2D eigenvalue weighted by Crippen LogP contribution is -2.18. The number of hydrogen-bond donors (Lipinski definition) is 3. The van der Waals surface area contributed by atoms with E-state index >= 15 is 0 Å². The van der Waals surface area contributed by atoms with Crippen molar-refractivity contribution in [3.8, 4) is 0 Å². The Labute approximate surface area is 49.0 Å². The Morgan fingerprint density at radius 3 is 1.62 bits per heavy atom. The Morgan fingerprint density at radius 1 is 1.50 bits per heavy atom. The van der Waals surface area contributed by atoms with Gasteiger partial charge in [-0.1, -0.05) is 6.92 Å². The lowest BCUT2D eigenvalue weighted by atomic mass is 10.5. The third-order valence-electron chi connectivity index (χ3n) is 0.289. The van der Waals surface area contributed by atoms with E-state index in [1.165, 1.54) is 0 Å². The molecule has 0 bridgehead atoms. The molecule has 0 fully saturated rings. The van der Waals surface area contributed by atoms with Gasteiger partial charge in [-0.3, -0.25) is 0 Å². The lowest BCUT2D eigenvalue weighted by Gasteiger charge is -1.70. The minimum Gasteiger partial charge on any atom is -0.352 e. The quantitative estimate of drug-likeness (QED) is 0.429. The predicted molar refractivity (Wildman–Crippen MR) is 33.1 cm³/mol. The number of hydrogen-bond acceptors (Lipinski definition) is 2. The van der Waals surface area contributed by atoms with Gasteiger partial charge in [-0.05, 0) is 13.0 Å². The highest BCUT2D eigenvalue weighted by Gasteiger charge is 1.60. The van der Waals surface area contributed by atoms with E-state index in [4.69, 9.17) is 10.5 Å². The van der Waals surface area contributed by atoms with E-state index in [9.17, 15) is 0 Å². The molecule has 0 aromatic heterocycles. The molecule has 50 valence electrons. The summed E-state index contributed by atoms with van der Waals surface area (Å²) in [5, 5.41) is 0. The fourth-order valence-corrected chi connectivity index (χ4v) is 0. The number of carbonyl (C=O) groups is 1. The molecule has 0 saturated heterocycles. The molecule has 0 aliphatic carbocycles. The van der Waals surface area contributed by atoms with Crippen molar-refractivity contribution in [2.24, 2.45) is 17.2 Å². The molecule has 0 aromatic rings. The van der Waals surface area contributed by atoms with Gasteiger partial charge in [-0.15, -0.1) is 0 Å². The van der Waals surface area contributed by atoms with Gasteiger partial charge in [0.2, 0.25) is 0 Å². The van der Waals surface area contributed by atoms with Crippen LogP contribution in [0.3, 0.4) is 0 Å². The maximum absolute atomic E-state index is 9.00. The summed E-state index contributed by atoms with van der Waals surface area (Å²) >= 11 is 0. The number of urea groups is 1. The van der Waals surface area contributed by atoms with Crippen LogP contribution in [-0.4, -0.2) is 12.6 Å². The van der Waals surface area contributed by atoms with Crippen molar-refractivity contribution in [2.45, 2.75) is 13.3 Å². The molecule has 4 nitrogen and oxygen atoms in total. The van der Waals surface area contributed by atoms with E-state index < -0.39 is 6.03 Å². The normalized spacial score (nSPS) is 6.75. The molecule has 6 N–H and O–H groups in total. The van der Waals surface area contributed by atoms with E-state index in [0.717, 1.165) is 13.0 Å². The zero-order chi connectivity index (χ0) is 6.99. The minimum atomic E-state index is -0.833. The highest BCUT2D eigenvalue weighted by Crippen LogP contribution is 1.57. The van der Waals surface area contributed by atoms with Crippen LogP contribution >= 0.6 is 0 Å². The topological polar surface area (TPSA) is 95.1 Å². The molecule has 0 spiro atoms. The maximum atomic E-state index is 9.00. The summed E-state index contributed by atoms with van der Waals surface area (Å²) in [5.41, 5.74) is 13.5. The first kappa shape index (κ1) is 10.3. The Morgan fingerprint density at radius 2 is 1.62 bits per heavy atom. The molecule has 0 aliphatic rings. The van der Waals surface area contributed by atoms with Crippen LogP contribution in [0.25, 0.3) is 0 Å². The molecule has 0 aromatic carbocycles. The Hall–Kier alpha value is -0.770. The number of nitrogens with two attached hydrogens (primary N) is 3. The van der Waals surface area contributed by atoms with Crippen molar-refractivity contribution < 1.29 is 4.79 Å². The first-order chi connectivity index (χ1) is 3.65. The maximum Gasteiger partial charge on any atom is 0.309 e. The second-order valence-corrected chi connectivity index (χ2v) is 1.19. The zero-order valence-corrected chi connectivity index (χ0v) is 5.05. The highest BCUT2D eigenvalue weighted by molar-refractivity contribution is 5.69. The molecular formula is C4H13N3O. The number of primary amides is 2. The van der Waals surface area contributed by atoms with Crippen LogP contribution in [0.2, 0.25) is 0 Å². The van der Waals surface area contributed by atoms with Crippen molar-refractivity contribution >= 4 is 6.03 Å². The standard InChI is InChI=1S/C3H9N.CH4N2O/c1-2-3-4;2-1(3)4/h2-4H2,1H3;(H4,2,3,4). The van der Waals surface area contributed by atoms with Gasteiger partial charge < -0.3 is 17.2 Å². The van der Waals surface area contributed by atoms with Crippen LogP contribution in [0, 0.1) is 0 Å². The smallest absolute Gasteiger partial charge is 0.309 e.